The minimum Gasteiger partial charge on any atom is -0.486 e. The molecule has 0 bridgehead atoms. The molecule has 90 heavy (non-hydrogen) atoms. The molecule has 0 saturated carbocycles. The second kappa shape index (κ2) is 19.6. The fourth-order valence-corrected chi connectivity index (χ4v) is 15.7. The third kappa shape index (κ3) is 8.49. The maximum absolute atomic E-state index is 6.51. The van der Waals surface area contributed by atoms with Gasteiger partial charge in [-0.1, -0.05) is 217 Å². The van der Waals surface area contributed by atoms with Gasteiger partial charge in [0.05, 0.1) is 5.69 Å². The van der Waals surface area contributed by atoms with Crippen molar-refractivity contribution in [3.05, 3.63) is 251 Å². The number of nitrogens with zero attached hydrogens (tertiary/aromatic N) is 3. The first-order valence-corrected chi connectivity index (χ1v) is 32.4. The Bertz CT molecular complexity index is 4780. The van der Waals surface area contributed by atoms with Crippen molar-refractivity contribution in [2.24, 2.45) is 0 Å². The standard InChI is InChI=1S/C84H78BN3O2/c1-80(2,3)53-28-35-57(36-29-53)87-71-41-32-55(82(7,8)9)46-69(71)85-70-49-76-77(90-43-42-89-76)50-73(70)88(58-37-30-54(31-38-58)81(4,5)6)75-45-52(44-74(87)79(75)85)51-26-33-56(34-27-51)86(59-39-40-61-60-20-16-18-24-65(60)83(10,11)67(61)47-59)72-48-68-78(63-22-15-14-21-62(63)72)64-23-17-19-25-66(64)84(68,12)13/h14-41,44-50H,42-43H2,1-13H3. The molecule has 0 saturated heterocycles. The van der Waals surface area contributed by atoms with Crippen LogP contribution in [0.2, 0.25) is 0 Å². The molecule has 3 aliphatic heterocycles. The van der Waals surface area contributed by atoms with E-state index in [9.17, 15) is 0 Å². The summed E-state index contributed by atoms with van der Waals surface area (Å²) in [5, 5.41) is 2.49. The lowest BCUT2D eigenvalue weighted by Gasteiger charge is -2.45. The Kier molecular flexibility index (Phi) is 12.2. The van der Waals surface area contributed by atoms with Crippen LogP contribution in [0.1, 0.15) is 129 Å². The van der Waals surface area contributed by atoms with Gasteiger partial charge in [-0.3, -0.25) is 0 Å². The van der Waals surface area contributed by atoms with Gasteiger partial charge in [-0.2, -0.15) is 0 Å². The van der Waals surface area contributed by atoms with Crippen LogP contribution < -0.4 is 40.6 Å². The molecule has 0 spiro atoms. The van der Waals surface area contributed by atoms with E-state index in [0.717, 1.165) is 62.4 Å². The number of rotatable bonds is 6. The van der Waals surface area contributed by atoms with E-state index in [1.54, 1.807) is 0 Å². The van der Waals surface area contributed by atoms with Crippen molar-refractivity contribution >= 4 is 85.1 Å². The molecule has 5 aliphatic rings. The summed E-state index contributed by atoms with van der Waals surface area (Å²) in [6.45, 7) is 31.2. The van der Waals surface area contributed by atoms with Gasteiger partial charge in [0.1, 0.15) is 13.2 Å². The summed E-state index contributed by atoms with van der Waals surface area (Å²) >= 11 is 0. The molecule has 0 atom stereocenters. The smallest absolute Gasteiger partial charge is 0.252 e. The molecule has 3 heterocycles. The SMILES string of the molecule is CC(C)(C)c1ccc(N2c3ccc(C(C)(C)C)cc3B3c4cc5c(cc4N(c4ccc(C(C)(C)C)cc4)c4cc(-c6ccc(N(c7ccc8c(c7)C(C)(C)c7ccccc7-8)c7cc8c(c9ccccc79)-c7ccccc7C8(C)C)cc6)cc2c43)OCCO5)cc1. The zero-order valence-electron chi connectivity index (χ0n) is 54.4. The van der Waals surface area contributed by atoms with Crippen LogP contribution in [0.5, 0.6) is 11.5 Å². The minimum absolute atomic E-state index is 0.0113. The molecule has 444 valence electrons. The highest BCUT2D eigenvalue weighted by Crippen LogP contribution is 2.57. The third-order valence-corrected chi connectivity index (χ3v) is 20.7. The zero-order valence-corrected chi connectivity index (χ0v) is 54.4. The molecule has 0 fully saturated rings. The highest BCUT2D eigenvalue weighted by atomic mass is 16.6. The van der Waals surface area contributed by atoms with Gasteiger partial charge in [0.2, 0.25) is 0 Å². The normalized spacial score (nSPS) is 15.4. The van der Waals surface area contributed by atoms with Gasteiger partial charge in [-0.25, -0.2) is 0 Å². The quantitative estimate of drug-likeness (QED) is 0.155. The predicted molar refractivity (Wildman–Crippen MR) is 380 cm³/mol. The van der Waals surface area contributed by atoms with Gasteiger partial charge in [0.25, 0.3) is 6.71 Å². The molecule has 0 radical (unpaired) electrons. The zero-order chi connectivity index (χ0) is 62.1. The average Bonchev–Trinajstić information content (AvgIpc) is 0.743. The average molecular weight is 1170 g/mol. The lowest BCUT2D eigenvalue weighted by atomic mass is 9.33. The third-order valence-electron chi connectivity index (χ3n) is 20.7. The molecule has 0 N–H and O–H groups in total. The molecule has 0 unspecified atom stereocenters. The summed E-state index contributed by atoms with van der Waals surface area (Å²) in [5.74, 6) is 1.57. The molecule has 11 aromatic carbocycles. The monoisotopic (exact) mass is 1170 g/mol. The van der Waals surface area contributed by atoms with E-state index in [4.69, 9.17) is 9.47 Å². The fraction of sp³-hybridized carbons (Fsp3) is 0.238. The van der Waals surface area contributed by atoms with Crippen LogP contribution in [0, 0.1) is 0 Å². The van der Waals surface area contributed by atoms with Crippen LogP contribution in [0.4, 0.5) is 51.2 Å². The van der Waals surface area contributed by atoms with E-state index in [1.807, 2.05) is 0 Å². The number of anilines is 9. The maximum atomic E-state index is 6.51. The molecule has 16 rings (SSSR count). The maximum Gasteiger partial charge on any atom is 0.252 e. The summed E-state index contributed by atoms with van der Waals surface area (Å²) in [6.07, 6.45) is 0. The summed E-state index contributed by atoms with van der Waals surface area (Å²) < 4.78 is 13.0. The van der Waals surface area contributed by atoms with Crippen molar-refractivity contribution in [1.82, 2.24) is 0 Å². The van der Waals surface area contributed by atoms with Crippen LogP contribution in [0.25, 0.3) is 44.2 Å². The van der Waals surface area contributed by atoms with Gasteiger partial charge in [-0.15, -0.1) is 0 Å². The molecule has 2 aliphatic carbocycles. The molecule has 0 aromatic heterocycles. The molecule has 0 amide bonds. The first-order chi connectivity index (χ1) is 43.0. The van der Waals surface area contributed by atoms with E-state index in [1.165, 1.54) is 99.7 Å². The number of fused-ring (bicyclic) bond motifs is 13. The van der Waals surface area contributed by atoms with Gasteiger partial charge >= 0.3 is 0 Å². The second-order valence-corrected chi connectivity index (χ2v) is 30.0. The highest BCUT2D eigenvalue weighted by molar-refractivity contribution is 7.00. The van der Waals surface area contributed by atoms with Crippen molar-refractivity contribution in [2.45, 2.75) is 117 Å². The molecular weight excluding hydrogens is 1090 g/mol. The van der Waals surface area contributed by atoms with Crippen LogP contribution in [-0.2, 0) is 27.1 Å². The number of hydrogen-bond donors (Lipinski definition) is 0. The van der Waals surface area contributed by atoms with Crippen molar-refractivity contribution in [3.8, 4) is 44.9 Å². The largest absolute Gasteiger partial charge is 0.486 e. The summed E-state index contributed by atoms with van der Waals surface area (Å²) in [5.41, 5.74) is 30.3. The molecule has 6 heteroatoms. The number of benzene rings is 11. The fourth-order valence-electron chi connectivity index (χ4n) is 15.7. The van der Waals surface area contributed by atoms with E-state index >= 15 is 0 Å². The highest BCUT2D eigenvalue weighted by Gasteiger charge is 2.46. The number of hydrogen-bond acceptors (Lipinski definition) is 5. The van der Waals surface area contributed by atoms with E-state index < -0.39 is 0 Å². The Balaban J connectivity index is 0.936. The first-order valence-electron chi connectivity index (χ1n) is 32.4. The van der Waals surface area contributed by atoms with Gasteiger partial charge in [0, 0.05) is 67.8 Å². The Morgan fingerprint density at radius 1 is 0.389 bits per heavy atom. The van der Waals surface area contributed by atoms with Crippen molar-refractivity contribution in [2.75, 3.05) is 27.9 Å². The predicted octanol–water partition coefficient (Wildman–Crippen LogP) is 20.3. The van der Waals surface area contributed by atoms with Crippen LogP contribution in [0.15, 0.2) is 212 Å². The molecular formula is C84H78BN3O2. The van der Waals surface area contributed by atoms with Crippen LogP contribution >= 0.6 is 0 Å². The van der Waals surface area contributed by atoms with Crippen molar-refractivity contribution in [1.29, 1.82) is 0 Å². The summed E-state index contributed by atoms with van der Waals surface area (Å²) in [7, 11) is 0. The minimum atomic E-state index is -0.214. The van der Waals surface area contributed by atoms with Crippen LogP contribution in [-0.4, -0.2) is 19.9 Å². The van der Waals surface area contributed by atoms with E-state index in [-0.39, 0.29) is 33.8 Å². The Morgan fingerprint density at radius 2 is 0.889 bits per heavy atom. The van der Waals surface area contributed by atoms with Gasteiger partial charge in [-0.05, 0) is 189 Å². The van der Waals surface area contributed by atoms with Gasteiger partial charge < -0.3 is 24.2 Å². The Labute approximate surface area is 532 Å². The summed E-state index contributed by atoms with van der Waals surface area (Å²) in [6, 6.07) is 81.7. The van der Waals surface area contributed by atoms with Crippen LogP contribution in [0.3, 0.4) is 0 Å². The molecule has 11 aromatic rings. The summed E-state index contributed by atoms with van der Waals surface area (Å²) in [4.78, 5) is 7.62. The van der Waals surface area contributed by atoms with E-state index in [2.05, 4.69) is 317 Å². The van der Waals surface area contributed by atoms with E-state index in [0.29, 0.717) is 13.2 Å². The topological polar surface area (TPSA) is 28.2 Å². The molecule has 5 nitrogen and oxygen atoms in total. The van der Waals surface area contributed by atoms with Crippen molar-refractivity contribution < 1.29 is 9.47 Å². The van der Waals surface area contributed by atoms with Crippen molar-refractivity contribution in [3.63, 3.8) is 0 Å². The first kappa shape index (κ1) is 56.0. The second-order valence-electron chi connectivity index (χ2n) is 30.0. The number of ether oxygens (including phenoxy) is 2. The Hall–Kier alpha value is -9.26. The lowest BCUT2D eigenvalue weighted by molar-refractivity contribution is 0.172. The van der Waals surface area contributed by atoms with Gasteiger partial charge in [0.15, 0.2) is 11.5 Å². The Morgan fingerprint density at radius 3 is 1.51 bits per heavy atom. The lowest BCUT2D eigenvalue weighted by Crippen LogP contribution is -2.61.